The summed E-state index contributed by atoms with van der Waals surface area (Å²) in [5.74, 6) is 1.66. The number of methoxy groups -OCH3 is 2. The summed E-state index contributed by atoms with van der Waals surface area (Å²) < 4.78 is 10.8. The summed E-state index contributed by atoms with van der Waals surface area (Å²) in [6, 6.07) is 14.4. The van der Waals surface area contributed by atoms with Crippen LogP contribution in [0.25, 0.3) is 0 Å². The third kappa shape index (κ3) is 2.61. The highest BCUT2D eigenvalue weighted by molar-refractivity contribution is 5.52. The molecule has 0 spiro atoms. The van der Waals surface area contributed by atoms with Crippen molar-refractivity contribution in [2.24, 2.45) is 0 Å². The number of aliphatic hydroxyl groups is 1. The fourth-order valence-electron chi connectivity index (χ4n) is 3.18. The van der Waals surface area contributed by atoms with Gasteiger partial charge in [0, 0.05) is 5.92 Å². The highest BCUT2D eigenvalue weighted by Gasteiger charge is 2.28. The molecule has 0 aromatic heterocycles. The first-order valence-corrected chi connectivity index (χ1v) is 7.20. The quantitative estimate of drug-likeness (QED) is 0.941. The van der Waals surface area contributed by atoms with Gasteiger partial charge in [-0.2, -0.15) is 0 Å². The van der Waals surface area contributed by atoms with Crippen LogP contribution in [-0.4, -0.2) is 25.4 Å². The molecule has 0 unspecified atom stereocenters. The molecule has 0 amide bonds. The summed E-state index contributed by atoms with van der Waals surface area (Å²) in [7, 11) is 3.29. The molecule has 0 heterocycles. The molecule has 0 saturated carbocycles. The maximum atomic E-state index is 10.2. The van der Waals surface area contributed by atoms with Crippen LogP contribution in [0.3, 0.4) is 0 Å². The molecule has 21 heavy (non-hydrogen) atoms. The topological polar surface area (TPSA) is 38.7 Å². The largest absolute Gasteiger partial charge is 0.493 e. The van der Waals surface area contributed by atoms with Crippen molar-refractivity contribution in [2.45, 2.75) is 24.9 Å². The average molecular weight is 284 g/mol. The van der Waals surface area contributed by atoms with Gasteiger partial charge in [0.15, 0.2) is 11.5 Å². The molecule has 2 aromatic rings. The van der Waals surface area contributed by atoms with Crippen molar-refractivity contribution in [3.63, 3.8) is 0 Å². The summed E-state index contributed by atoms with van der Waals surface area (Å²) in [6.45, 7) is 0. The number of rotatable bonds is 3. The van der Waals surface area contributed by atoms with Crippen LogP contribution in [0.4, 0.5) is 0 Å². The lowest BCUT2D eigenvalue weighted by atomic mass is 9.77. The van der Waals surface area contributed by atoms with Gasteiger partial charge in [0.1, 0.15) is 0 Å². The molecule has 3 heteroatoms. The van der Waals surface area contributed by atoms with E-state index in [0.29, 0.717) is 6.42 Å². The van der Waals surface area contributed by atoms with Gasteiger partial charge in [0.05, 0.1) is 20.3 Å². The van der Waals surface area contributed by atoms with E-state index in [1.165, 1.54) is 11.1 Å². The summed E-state index contributed by atoms with van der Waals surface area (Å²) in [6.07, 6.45) is 1.09. The first-order chi connectivity index (χ1) is 10.2. The van der Waals surface area contributed by atoms with Gasteiger partial charge in [0.2, 0.25) is 0 Å². The molecular weight excluding hydrogens is 264 g/mol. The first-order valence-electron chi connectivity index (χ1n) is 7.20. The highest BCUT2D eigenvalue weighted by atomic mass is 16.5. The van der Waals surface area contributed by atoms with E-state index in [1.54, 1.807) is 14.2 Å². The Labute approximate surface area is 125 Å². The Kier molecular flexibility index (Phi) is 3.84. The molecule has 0 bridgehead atoms. The van der Waals surface area contributed by atoms with Crippen LogP contribution in [-0.2, 0) is 6.42 Å². The summed E-state index contributed by atoms with van der Waals surface area (Å²) in [5, 5.41) is 10.2. The van der Waals surface area contributed by atoms with E-state index < -0.39 is 0 Å². The predicted molar refractivity (Wildman–Crippen MR) is 82.2 cm³/mol. The predicted octanol–water partition coefficient (Wildman–Crippen LogP) is 3.14. The fraction of sp³-hybridized carbons (Fsp3) is 0.333. The monoisotopic (exact) mass is 284 g/mol. The van der Waals surface area contributed by atoms with Crippen LogP contribution in [0, 0.1) is 0 Å². The molecule has 110 valence electrons. The minimum atomic E-state index is -0.319. The van der Waals surface area contributed by atoms with Gasteiger partial charge in [-0.1, -0.05) is 30.3 Å². The lowest BCUT2D eigenvalue weighted by Crippen LogP contribution is -2.23. The smallest absolute Gasteiger partial charge is 0.161 e. The van der Waals surface area contributed by atoms with Crippen molar-refractivity contribution in [1.29, 1.82) is 0 Å². The van der Waals surface area contributed by atoms with Crippen molar-refractivity contribution >= 4 is 0 Å². The summed E-state index contributed by atoms with van der Waals surface area (Å²) >= 11 is 0. The number of benzene rings is 2. The molecule has 0 saturated heterocycles. The standard InChI is InChI=1S/C18H20O3/c1-20-17-9-13-8-14(19)10-15(12-6-4-3-5-7-12)16(13)11-18(17)21-2/h3-7,9,11,14-15,19H,8,10H2,1-2H3/t14-,15+/m0/s1. The van der Waals surface area contributed by atoms with Gasteiger partial charge >= 0.3 is 0 Å². The average Bonchev–Trinajstić information content (AvgIpc) is 2.53. The summed E-state index contributed by atoms with van der Waals surface area (Å²) in [4.78, 5) is 0. The molecule has 1 N–H and O–H groups in total. The van der Waals surface area contributed by atoms with Crippen molar-refractivity contribution < 1.29 is 14.6 Å². The van der Waals surface area contributed by atoms with E-state index in [1.807, 2.05) is 24.3 Å². The number of ether oxygens (including phenoxy) is 2. The van der Waals surface area contributed by atoms with E-state index in [-0.39, 0.29) is 12.0 Å². The van der Waals surface area contributed by atoms with Gasteiger partial charge in [0.25, 0.3) is 0 Å². The molecule has 1 aliphatic rings. The van der Waals surface area contributed by atoms with E-state index in [2.05, 4.69) is 18.2 Å². The van der Waals surface area contributed by atoms with E-state index in [9.17, 15) is 5.11 Å². The van der Waals surface area contributed by atoms with Crippen LogP contribution in [0.1, 0.15) is 29.0 Å². The molecule has 0 aliphatic heterocycles. The van der Waals surface area contributed by atoms with Crippen molar-refractivity contribution in [3.05, 3.63) is 59.2 Å². The van der Waals surface area contributed by atoms with Crippen molar-refractivity contribution in [1.82, 2.24) is 0 Å². The Morgan fingerprint density at radius 3 is 2.33 bits per heavy atom. The van der Waals surface area contributed by atoms with Crippen LogP contribution < -0.4 is 9.47 Å². The van der Waals surface area contributed by atoms with Gasteiger partial charge in [-0.15, -0.1) is 0 Å². The van der Waals surface area contributed by atoms with Crippen molar-refractivity contribution in [3.8, 4) is 11.5 Å². The lowest BCUT2D eigenvalue weighted by molar-refractivity contribution is 0.151. The molecule has 1 aliphatic carbocycles. The minimum absolute atomic E-state index is 0.199. The zero-order valence-corrected chi connectivity index (χ0v) is 12.4. The van der Waals surface area contributed by atoms with Gasteiger partial charge in [-0.3, -0.25) is 0 Å². The summed E-state index contributed by atoms with van der Waals surface area (Å²) in [5.41, 5.74) is 3.59. The number of fused-ring (bicyclic) bond motifs is 1. The molecule has 2 atom stereocenters. The molecule has 2 aromatic carbocycles. The highest BCUT2D eigenvalue weighted by Crippen LogP contribution is 2.41. The number of hydrogen-bond acceptors (Lipinski definition) is 3. The van der Waals surface area contributed by atoms with E-state index in [4.69, 9.17) is 9.47 Å². The molecule has 3 nitrogen and oxygen atoms in total. The van der Waals surface area contributed by atoms with E-state index >= 15 is 0 Å². The fourth-order valence-corrected chi connectivity index (χ4v) is 3.18. The second-order valence-corrected chi connectivity index (χ2v) is 5.46. The normalized spacial score (nSPS) is 20.7. The zero-order chi connectivity index (χ0) is 14.8. The molecule has 0 fully saturated rings. The van der Waals surface area contributed by atoms with Gasteiger partial charge in [-0.05, 0) is 41.7 Å². The molecular formula is C18H20O3. The Morgan fingerprint density at radius 2 is 1.67 bits per heavy atom. The minimum Gasteiger partial charge on any atom is -0.493 e. The van der Waals surface area contributed by atoms with Crippen molar-refractivity contribution in [2.75, 3.05) is 14.2 Å². The third-order valence-electron chi connectivity index (χ3n) is 4.19. The Balaban J connectivity index is 2.11. The SMILES string of the molecule is COc1cc2c(cc1OC)[C@@H](c1ccccc1)C[C@@H](O)C2. The first kappa shape index (κ1) is 14.0. The van der Waals surface area contributed by atoms with Gasteiger partial charge in [-0.25, -0.2) is 0 Å². The maximum absolute atomic E-state index is 10.2. The number of hydrogen-bond donors (Lipinski definition) is 1. The van der Waals surface area contributed by atoms with Crippen LogP contribution >= 0.6 is 0 Å². The van der Waals surface area contributed by atoms with Crippen LogP contribution in [0.15, 0.2) is 42.5 Å². The molecule has 0 radical (unpaired) electrons. The lowest BCUT2D eigenvalue weighted by Gasteiger charge is -2.30. The second kappa shape index (κ2) is 5.78. The Morgan fingerprint density at radius 1 is 1.00 bits per heavy atom. The number of aliphatic hydroxyl groups excluding tert-OH is 1. The molecule has 3 rings (SSSR count). The second-order valence-electron chi connectivity index (χ2n) is 5.46. The van der Waals surface area contributed by atoms with Crippen LogP contribution in [0.2, 0.25) is 0 Å². The Bertz CT molecular complexity index is 622. The van der Waals surface area contributed by atoms with E-state index in [0.717, 1.165) is 23.5 Å². The Hall–Kier alpha value is -2.00. The third-order valence-corrected chi connectivity index (χ3v) is 4.19. The zero-order valence-electron chi connectivity index (χ0n) is 12.4. The van der Waals surface area contributed by atoms with Crippen LogP contribution in [0.5, 0.6) is 11.5 Å². The van der Waals surface area contributed by atoms with Gasteiger partial charge < -0.3 is 14.6 Å². The maximum Gasteiger partial charge on any atom is 0.161 e.